The molecular weight excluding hydrogens is 525 g/mol. The minimum absolute atomic E-state index is 0.195. The number of carbonyl (C=O) groups is 2. The average molecular weight is 548 g/mol. The number of hydrogen-bond acceptors (Lipinski definition) is 5. The molecule has 9 heteroatoms. The van der Waals surface area contributed by atoms with Crippen molar-refractivity contribution >= 4 is 47.1 Å². The van der Waals surface area contributed by atoms with E-state index in [1.807, 2.05) is 36.4 Å². The molecule has 0 unspecified atom stereocenters. The number of benzene rings is 4. The van der Waals surface area contributed by atoms with Gasteiger partial charge in [0.25, 0.3) is 11.8 Å². The smallest absolute Gasteiger partial charge is 0.271 e. The van der Waals surface area contributed by atoms with E-state index < -0.39 is 0 Å². The van der Waals surface area contributed by atoms with E-state index in [0.717, 1.165) is 21.8 Å². The lowest BCUT2D eigenvalue weighted by atomic mass is 10.1. The number of rotatable bonds is 10. The summed E-state index contributed by atoms with van der Waals surface area (Å²) in [5.41, 5.74) is 5.34. The van der Waals surface area contributed by atoms with Crippen molar-refractivity contribution in [2.45, 2.75) is 10.6 Å². The van der Waals surface area contributed by atoms with Crippen LogP contribution in [-0.2, 0) is 10.5 Å². The van der Waals surface area contributed by atoms with Gasteiger partial charge in [-0.15, -0.1) is 11.8 Å². The van der Waals surface area contributed by atoms with E-state index in [1.54, 1.807) is 48.2 Å². The average Bonchev–Trinajstić information content (AvgIpc) is 2.94. The Kier molecular flexibility index (Phi) is 9.50. The maximum absolute atomic E-state index is 12.9. The van der Waals surface area contributed by atoms with Gasteiger partial charge in [0.1, 0.15) is 11.6 Å². The van der Waals surface area contributed by atoms with E-state index >= 15 is 0 Å². The van der Waals surface area contributed by atoms with Crippen molar-refractivity contribution in [2.24, 2.45) is 5.10 Å². The minimum Gasteiger partial charge on any atom is -0.484 e. The summed E-state index contributed by atoms with van der Waals surface area (Å²) in [5, 5.41) is 7.34. The van der Waals surface area contributed by atoms with Gasteiger partial charge in [-0.25, -0.2) is 9.82 Å². The zero-order valence-electron chi connectivity index (χ0n) is 20.1. The largest absolute Gasteiger partial charge is 0.484 e. The van der Waals surface area contributed by atoms with Crippen molar-refractivity contribution < 1.29 is 18.7 Å². The first-order chi connectivity index (χ1) is 18.4. The summed E-state index contributed by atoms with van der Waals surface area (Å²) in [7, 11) is 0. The van der Waals surface area contributed by atoms with Crippen LogP contribution in [0.3, 0.4) is 0 Å². The zero-order valence-corrected chi connectivity index (χ0v) is 21.6. The Morgan fingerprint density at radius 2 is 1.58 bits per heavy atom. The number of thioether (sulfide) groups is 1. The predicted octanol–water partition coefficient (Wildman–Crippen LogP) is 6.55. The molecule has 0 aliphatic heterocycles. The summed E-state index contributed by atoms with van der Waals surface area (Å²) in [6.45, 7) is -0.195. The number of nitrogens with one attached hydrogen (secondary N) is 2. The van der Waals surface area contributed by atoms with Crippen LogP contribution in [0.4, 0.5) is 10.1 Å². The SMILES string of the molecule is O=C(COc1ccc(/C=N\NC(=O)c2ccc(CSc3ccc(Cl)cc3)cc2)cc1)Nc1ccc(F)cc1. The molecule has 0 fully saturated rings. The van der Waals surface area contributed by atoms with Gasteiger partial charge in [-0.05, 0) is 96.1 Å². The minimum atomic E-state index is -0.377. The van der Waals surface area contributed by atoms with Gasteiger partial charge in [0, 0.05) is 26.9 Å². The molecule has 4 aromatic rings. The Morgan fingerprint density at radius 3 is 2.26 bits per heavy atom. The molecule has 0 heterocycles. The maximum atomic E-state index is 12.9. The normalized spacial score (nSPS) is 10.8. The first-order valence-electron chi connectivity index (χ1n) is 11.5. The summed E-state index contributed by atoms with van der Waals surface area (Å²) in [6.07, 6.45) is 1.51. The lowest BCUT2D eigenvalue weighted by Gasteiger charge is -2.07. The Morgan fingerprint density at radius 1 is 0.895 bits per heavy atom. The Labute approximate surface area is 228 Å². The molecule has 0 aliphatic rings. The van der Waals surface area contributed by atoms with Crippen molar-refractivity contribution in [3.63, 3.8) is 0 Å². The highest BCUT2D eigenvalue weighted by Gasteiger charge is 2.06. The molecule has 0 aliphatic carbocycles. The second-order valence-corrected chi connectivity index (χ2v) is 9.54. The molecule has 0 atom stereocenters. The second-order valence-electron chi connectivity index (χ2n) is 8.05. The molecule has 0 spiro atoms. The Bertz CT molecular complexity index is 1400. The van der Waals surface area contributed by atoms with Crippen LogP contribution in [-0.4, -0.2) is 24.6 Å². The molecule has 0 saturated carbocycles. The van der Waals surface area contributed by atoms with Gasteiger partial charge in [-0.1, -0.05) is 23.7 Å². The van der Waals surface area contributed by atoms with E-state index in [-0.39, 0.29) is 24.2 Å². The van der Waals surface area contributed by atoms with Gasteiger partial charge >= 0.3 is 0 Å². The van der Waals surface area contributed by atoms with Gasteiger partial charge in [0.15, 0.2) is 6.61 Å². The van der Waals surface area contributed by atoms with Gasteiger partial charge in [0.2, 0.25) is 0 Å². The predicted molar refractivity (Wildman–Crippen MR) is 149 cm³/mol. The number of nitrogens with zero attached hydrogens (tertiary/aromatic N) is 1. The topological polar surface area (TPSA) is 79.8 Å². The van der Waals surface area contributed by atoms with Crippen LogP contribution >= 0.6 is 23.4 Å². The molecule has 0 bridgehead atoms. The monoisotopic (exact) mass is 547 g/mol. The molecule has 0 radical (unpaired) electrons. The number of ether oxygens (including phenoxy) is 1. The fourth-order valence-electron chi connectivity index (χ4n) is 3.21. The highest BCUT2D eigenvalue weighted by atomic mass is 35.5. The molecule has 2 N–H and O–H groups in total. The third-order valence-electron chi connectivity index (χ3n) is 5.19. The van der Waals surface area contributed by atoms with Gasteiger partial charge in [0.05, 0.1) is 6.21 Å². The van der Waals surface area contributed by atoms with Crippen LogP contribution in [0.15, 0.2) is 107 Å². The van der Waals surface area contributed by atoms with Crippen LogP contribution < -0.4 is 15.5 Å². The number of hydrazone groups is 1. The molecule has 38 heavy (non-hydrogen) atoms. The number of amides is 2. The fraction of sp³-hybridized carbons (Fsp3) is 0.0690. The van der Waals surface area contributed by atoms with Crippen molar-refractivity contribution in [2.75, 3.05) is 11.9 Å². The lowest BCUT2D eigenvalue weighted by Crippen LogP contribution is -2.20. The molecule has 2 amide bonds. The second kappa shape index (κ2) is 13.4. The highest BCUT2D eigenvalue weighted by molar-refractivity contribution is 7.98. The fourth-order valence-corrected chi connectivity index (χ4v) is 4.19. The molecule has 4 rings (SSSR count). The van der Waals surface area contributed by atoms with E-state index in [4.69, 9.17) is 16.3 Å². The number of halogens is 2. The van der Waals surface area contributed by atoms with Crippen molar-refractivity contribution in [3.05, 3.63) is 125 Å². The van der Waals surface area contributed by atoms with Crippen LogP contribution in [0.1, 0.15) is 21.5 Å². The summed E-state index contributed by atoms with van der Waals surface area (Å²) in [5.74, 6) is 0.219. The van der Waals surface area contributed by atoms with Crippen LogP contribution in [0.25, 0.3) is 0 Å². The van der Waals surface area contributed by atoms with Crippen LogP contribution in [0.2, 0.25) is 5.02 Å². The van der Waals surface area contributed by atoms with Gasteiger partial charge < -0.3 is 10.1 Å². The van der Waals surface area contributed by atoms with Gasteiger partial charge in [-0.3, -0.25) is 9.59 Å². The molecule has 0 aromatic heterocycles. The number of carbonyl (C=O) groups excluding carboxylic acids is 2. The zero-order chi connectivity index (χ0) is 26.7. The summed E-state index contributed by atoms with van der Waals surface area (Å²) in [4.78, 5) is 25.5. The summed E-state index contributed by atoms with van der Waals surface area (Å²) < 4.78 is 18.4. The van der Waals surface area contributed by atoms with Crippen molar-refractivity contribution in [1.29, 1.82) is 0 Å². The molecule has 0 saturated heterocycles. The van der Waals surface area contributed by atoms with E-state index in [2.05, 4.69) is 15.8 Å². The van der Waals surface area contributed by atoms with Crippen molar-refractivity contribution in [3.8, 4) is 5.75 Å². The molecule has 4 aromatic carbocycles. The molecule has 192 valence electrons. The number of anilines is 1. The first kappa shape index (κ1) is 26.9. The third-order valence-corrected chi connectivity index (χ3v) is 6.53. The Balaban J connectivity index is 1.19. The quantitative estimate of drug-likeness (QED) is 0.134. The Hall–Kier alpha value is -4.14. The van der Waals surface area contributed by atoms with Gasteiger partial charge in [-0.2, -0.15) is 5.10 Å². The van der Waals surface area contributed by atoms with E-state index in [9.17, 15) is 14.0 Å². The van der Waals surface area contributed by atoms with E-state index in [0.29, 0.717) is 22.0 Å². The number of hydrogen-bond donors (Lipinski definition) is 2. The van der Waals surface area contributed by atoms with Crippen LogP contribution in [0.5, 0.6) is 5.75 Å². The highest BCUT2D eigenvalue weighted by Crippen LogP contribution is 2.24. The van der Waals surface area contributed by atoms with Crippen molar-refractivity contribution in [1.82, 2.24) is 5.43 Å². The summed E-state index contributed by atoms with van der Waals surface area (Å²) >= 11 is 7.61. The van der Waals surface area contributed by atoms with Crippen LogP contribution in [0, 0.1) is 5.82 Å². The molecule has 6 nitrogen and oxygen atoms in total. The van der Waals surface area contributed by atoms with E-state index in [1.165, 1.54) is 30.5 Å². The standard InChI is InChI=1S/C29H23ClFN3O3S/c30-23-7-15-27(16-8-23)38-19-21-1-5-22(6-2-21)29(36)34-32-17-20-3-13-26(14-4-20)37-18-28(35)33-25-11-9-24(31)10-12-25/h1-17H,18-19H2,(H,33,35)(H,34,36)/b32-17-. The lowest BCUT2D eigenvalue weighted by molar-refractivity contribution is -0.118. The molecular formula is C29H23ClFN3O3S. The maximum Gasteiger partial charge on any atom is 0.271 e. The first-order valence-corrected chi connectivity index (χ1v) is 12.9. The third kappa shape index (κ3) is 8.47. The summed E-state index contributed by atoms with van der Waals surface area (Å²) in [6, 6.07) is 27.4.